The minimum Gasteiger partial charge on any atom is -0.444 e. The minimum atomic E-state index is -4.72. The summed E-state index contributed by atoms with van der Waals surface area (Å²) in [6.07, 6.45) is -5.51. The molecule has 39 heavy (non-hydrogen) atoms. The molecule has 2 saturated heterocycles. The van der Waals surface area contributed by atoms with Crippen LogP contribution < -0.4 is 10.2 Å². The summed E-state index contributed by atoms with van der Waals surface area (Å²) < 4.78 is 71.7. The van der Waals surface area contributed by atoms with Crippen molar-refractivity contribution in [3.63, 3.8) is 0 Å². The number of nitrogens with one attached hydrogen (secondary N) is 1. The lowest BCUT2D eigenvalue weighted by molar-refractivity contribution is -0.137. The monoisotopic (exact) mass is 583 g/mol. The number of alkyl carbamates (subject to hydrolysis) is 1. The van der Waals surface area contributed by atoms with Gasteiger partial charge < -0.3 is 15.0 Å². The maximum absolute atomic E-state index is 13.9. The maximum Gasteiger partial charge on any atom is 0.418 e. The van der Waals surface area contributed by atoms with E-state index in [1.165, 1.54) is 23.1 Å². The Kier molecular flexibility index (Phi) is 8.04. The smallest absolute Gasteiger partial charge is 0.418 e. The van der Waals surface area contributed by atoms with E-state index in [-0.39, 0.29) is 28.8 Å². The number of fused-ring (bicyclic) bond motifs is 1. The minimum absolute atomic E-state index is 0.0503. The van der Waals surface area contributed by atoms with Crippen molar-refractivity contribution in [2.75, 3.05) is 16.4 Å². The summed E-state index contributed by atoms with van der Waals surface area (Å²) in [5.74, 6) is -1.41. The van der Waals surface area contributed by atoms with Crippen molar-refractivity contribution < 1.29 is 35.9 Å². The van der Waals surface area contributed by atoms with Gasteiger partial charge in [-0.05, 0) is 38.5 Å². The Bertz CT molecular complexity index is 1380. The first-order valence-corrected chi connectivity index (χ1v) is 14.8. The summed E-state index contributed by atoms with van der Waals surface area (Å²) >= 11 is 0.951. The lowest BCUT2D eigenvalue weighted by Gasteiger charge is -2.28. The summed E-state index contributed by atoms with van der Waals surface area (Å²) in [6.45, 7) is 5.00. The van der Waals surface area contributed by atoms with Gasteiger partial charge in [0.2, 0.25) is 0 Å². The van der Waals surface area contributed by atoms with E-state index in [2.05, 4.69) is 10.3 Å². The van der Waals surface area contributed by atoms with Crippen LogP contribution in [0.4, 0.5) is 23.7 Å². The molecule has 2 amide bonds. The largest absolute Gasteiger partial charge is 0.444 e. The molecule has 2 aliphatic heterocycles. The highest BCUT2D eigenvalue weighted by Gasteiger charge is 2.51. The molecular weight excluding hydrogens is 555 g/mol. The van der Waals surface area contributed by atoms with Crippen LogP contribution in [-0.4, -0.2) is 60.0 Å². The molecule has 13 heteroatoms. The Morgan fingerprint density at radius 3 is 2.36 bits per heavy atom. The third kappa shape index (κ3) is 7.13. The molecule has 0 aromatic heterocycles. The number of benzene rings is 2. The number of sulfone groups is 1. The van der Waals surface area contributed by atoms with Crippen LogP contribution in [0.2, 0.25) is 0 Å². The zero-order valence-electron chi connectivity index (χ0n) is 21.4. The third-order valence-electron chi connectivity index (χ3n) is 6.01. The van der Waals surface area contributed by atoms with Crippen molar-refractivity contribution in [3.05, 3.63) is 65.7 Å². The van der Waals surface area contributed by atoms with Gasteiger partial charge >= 0.3 is 12.3 Å². The SMILES string of the molecule is CC(C)(C)OC(=O)NC(Cc1ccccc1)C(=O)N=C1SC2CS(=O)(=O)CC2N1c1ccccc1C(F)(F)F. The molecule has 2 heterocycles. The molecule has 0 spiro atoms. The number of alkyl halides is 3. The van der Waals surface area contributed by atoms with Crippen LogP contribution in [0.15, 0.2) is 59.6 Å². The van der Waals surface area contributed by atoms with E-state index in [1.807, 2.05) is 0 Å². The number of rotatable bonds is 5. The molecule has 2 aromatic rings. The number of hydrogen-bond donors (Lipinski definition) is 1. The topological polar surface area (TPSA) is 105 Å². The zero-order chi connectivity index (χ0) is 28.6. The van der Waals surface area contributed by atoms with Crippen molar-refractivity contribution in [2.24, 2.45) is 4.99 Å². The van der Waals surface area contributed by atoms with Crippen LogP contribution in [0.5, 0.6) is 0 Å². The van der Waals surface area contributed by atoms with Gasteiger partial charge in [-0.3, -0.25) is 4.79 Å². The van der Waals surface area contributed by atoms with Gasteiger partial charge in [-0.15, -0.1) is 0 Å². The number of ether oxygens (including phenoxy) is 1. The number of hydrogen-bond acceptors (Lipinski definition) is 6. The predicted molar refractivity (Wildman–Crippen MR) is 143 cm³/mol. The van der Waals surface area contributed by atoms with Crippen molar-refractivity contribution in [2.45, 2.75) is 56.3 Å². The number of para-hydroxylation sites is 1. The molecule has 2 aliphatic rings. The van der Waals surface area contributed by atoms with Gasteiger partial charge in [-0.2, -0.15) is 18.2 Å². The van der Waals surface area contributed by atoms with Gasteiger partial charge in [0.15, 0.2) is 15.0 Å². The number of aliphatic imine (C=N–C) groups is 1. The molecule has 0 radical (unpaired) electrons. The van der Waals surface area contributed by atoms with Gasteiger partial charge in [-0.25, -0.2) is 13.2 Å². The molecule has 8 nitrogen and oxygen atoms in total. The Morgan fingerprint density at radius 1 is 1.08 bits per heavy atom. The van der Waals surface area contributed by atoms with Gasteiger partial charge in [-0.1, -0.05) is 54.2 Å². The highest BCUT2D eigenvalue weighted by Crippen LogP contribution is 2.45. The fourth-order valence-corrected chi connectivity index (χ4v) is 8.35. The fraction of sp³-hybridized carbons (Fsp3) is 0.423. The van der Waals surface area contributed by atoms with Crippen LogP contribution >= 0.6 is 11.8 Å². The normalized spacial score (nSPS) is 22.4. The lowest BCUT2D eigenvalue weighted by Crippen LogP contribution is -2.45. The van der Waals surface area contributed by atoms with Gasteiger partial charge in [0.1, 0.15) is 11.6 Å². The summed E-state index contributed by atoms with van der Waals surface area (Å²) in [5, 5.41) is 1.88. The lowest BCUT2D eigenvalue weighted by atomic mass is 10.1. The summed E-state index contributed by atoms with van der Waals surface area (Å²) in [7, 11) is -3.49. The molecule has 1 N–H and O–H groups in total. The van der Waals surface area contributed by atoms with E-state index < -0.39 is 56.5 Å². The molecule has 4 rings (SSSR count). The van der Waals surface area contributed by atoms with Gasteiger partial charge in [0.25, 0.3) is 5.91 Å². The fourth-order valence-electron chi connectivity index (χ4n) is 4.44. The molecule has 3 atom stereocenters. The maximum atomic E-state index is 13.9. The number of amidine groups is 1. The van der Waals surface area contributed by atoms with Crippen LogP contribution in [0.1, 0.15) is 31.9 Å². The average molecular weight is 584 g/mol. The second-order valence-corrected chi connectivity index (χ2v) is 13.7. The van der Waals surface area contributed by atoms with E-state index >= 15 is 0 Å². The average Bonchev–Trinajstić information content (AvgIpc) is 3.28. The summed E-state index contributed by atoms with van der Waals surface area (Å²) in [5.41, 5.74) is -1.37. The Morgan fingerprint density at radius 2 is 1.72 bits per heavy atom. The van der Waals surface area contributed by atoms with E-state index in [1.54, 1.807) is 51.1 Å². The standard InChI is InChI=1S/C26H28F3N3O5S2/c1-25(2,3)37-24(34)30-18(13-16-9-5-4-6-10-16)22(33)31-23-32(20-14-39(35,36)15-21(20)38-23)19-12-8-7-11-17(19)26(27,28)29/h4-12,18,20-21H,13-15H2,1-3H3,(H,30,34). The highest BCUT2D eigenvalue weighted by atomic mass is 32.2. The molecule has 210 valence electrons. The van der Waals surface area contributed by atoms with E-state index in [0.29, 0.717) is 5.56 Å². The Balaban J connectivity index is 1.72. The zero-order valence-corrected chi connectivity index (χ0v) is 23.1. The second kappa shape index (κ2) is 10.8. The molecule has 2 fully saturated rings. The van der Waals surface area contributed by atoms with Crippen LogP contribution in [0, 0.1) is 0 Å². The molecular formula is C26H28F3N3O5S2. The van der Waals surface area contributed by atoms with Crippen molar-refractivity contribution in [3.8, 4) is 0 Å². The number of halogens is 3. The highest BCUT2D eigenvalue weighted by molar-refractivity contribution is 8.16. The van der Waals surface area contributed by atoms with Gasteiger partial charge in [0.05, 0.1) is 28.8 Å². The molecule has 3 unspecified atom stereocenters. The number of anilines is 1. The van der Waals surface area contributed by atoms with Crippen molar-refractivity contribution >= 4 is 44.5 Å². The number of carbonyl (C=O) groups excluding carboxylic acids is 2. The third-order valence-corrected chi connectivity index (χ3v) is 9.22. The van der Waals surface area contributed by atoms with E-state index in [9.17, 15) is 31.2 Å². The first-order valence-electron chi connectivity index (χ1n) is 12.1. The first kappa shape index (κ1) is 28.9. The van der Waals surface area contributed by atoms with Gasteiger partial charge in [0, 0.05) is 11.7 Å². The molecule has 2 aromatic carbocycles. The van der Waals surface area contributed by atoms with Crippen molar-refractivity contribution in [1.29, 1.82) is 0 Å². The Hall–Kier alpha value is -3.06. The van der Waals surface area contributed by atoms with Crippen molar-refractivity contribution in [1.82, 2.24) is 5.32 Å². The van der Waals surface area contributed by atoms with Crippen LogP contribution in [-0.2, 0) is 32.0 Å². The van der Waals surface area contributed by atoms with E-state index in [4.69, 9.17) is 4.74 Å². The first-order chi connectivity index (χ1) is 18.1. The number of nitrogens with zero attached hydrogens (tertiary/aromatic N) is 2. The van der Waals surface area contributed by atoms with E-state index in [0.717, 1.165) is 17.8 Å². The second-order valence-electron chi connectivity index (χ2n) is 10.3. The molecule has 0 saturated carbocycles. The number of carbonyl (C=O) groups is 2. The van der Waals surface area contributed by atoms with Crippen LogP contribution in [0.3, 0.4) is 0 Å². The molecule has 0 bridgehead atoms. The summed E-state index contributed by atoms with van der Waals surface area (Å²) in [6, 6.07) is 11.6. The quantitative estimate of drug-likeness (QED) is 0.555. The predicted octanol–water partition coefficient (Wildman–Crippen LogP) is 4.44. The number of thioether (sulfide) groups is 1. The Labute approximate surface area is 228 Å². The van der Waals surface area contributed by atoms with Crippen LogP contribution in [0.25, 0.3) is 0 Å². The number of amides is 2. The summed E-state index contributed by atoms with van der Waals surface area (Å²) in [4.78, 5) is 31.4. The molecule has 0 aliphatic carbocycles.